The molecule has 1 aliphatic heterocycles. The molecule has 3 fully saturated rings. The normalized spacial score (nSPS) is 28.2. The van der Waals surface area contributed by atoms with E-state index in [0.29, 0.717) is 29.4 Å². The topological polar surface area (TPSA) is 181 Å². The van der Waals surface area contributed by atoms with E-state index < -0.39 is 38.0 Å². The molecule has 13 nitrogen and oxygen atoms in total. The van der Waals surface area contributed by atoms with Crippen LogP contribution in [-0.4, -0.2) is 89.8 Å². The summed E-state index contributed by atoms with van der Waals surface area (Å²) in [7, 11) is -4.63. The van der Waals surface area contributed by atoms with Gasteiger partial charge < -0.3 is 39.5 Å². The first-order chi connectivity index (χ1) is 17.2. The lowest BCUT2D eigenvalue weighted by atomic mass is 10.1. The van der Waals surface area contributed by atoms with Crippen molar-refractivity contribution < 1.29 is 38.8 Å². The standard InChI is InChI=1S/C21H31ClN5O8P/c22-21-25-18(24-12-3-1-2-4-12)13-7-23-27(19(13)26-21)20-17(29)16(28)14(35-20)9-34-15(36(30,31)32)10-33-8-11-5-6-11/h7,11-12,14-17,20,28-29H,1-6,8-10H2,(H,24,25,26)(H2,30,31,32)/t14-,15?,16-,17-,20-/m1/s1. The Morgan fingerprint density at radius 2 is 1.92 bits per heavy atom. The smallest absolute Gasteiger partial charge is 0.356 e. The van der Waals surface area contributed by atoms with Crippen molar-refractivity contribution in [3.63, 3.8) is 0 Å². The van der Waals surface area contributed by atoms with Crippen LogP contribution in [0.4, 0.5) is 5.82 Å². The van der Waals surface area contributed by atoms with E-state index in [4.69, 9.17) is 25.8 Å². The van der Waals surface area contributed by atoms with Crippen LogP contribution >= 0.6 is 19.2 Å². The van der Waals surface area contributed by atoms with Gasteiger partial charge in [0, 0.05) is 12.6 Å². The average Bonchev–Trinajstić information content (AvgIpc) is 3.19. The SMILES string of the molecule is O=P(O)(O)C(COCC1CC1)OC[C@H]1O[C@@H](n2ncc3c(NC4CCCC4)nc(Cl)nc32)[C@H](O)[C@@H]1O. The molecule has 5 atom stereocenters. The van der Waals surface area contributed by atoms with E-state index in [9.17, 15) is 24.6 Å². The minimum atomic E-state index is -4.63. The summed E-state index contributed by atoms with van der Waals surface area (Å²) in [6, 6.07) is 0.273. The maximum Gasteiger partial charge on any atom is 0.356 e. The van der Waals surface area contributed by atoms with Gasteiger partial charge in [-0.25, -0.2) is 4.68 Å². The summed E-state index contributed by atoms with van der Waals surface area (Å²) in [5.74, 6) is -0.551. The molecule has 2 aromatic heterocycles. The van der Waals surface area contributed by atoms with Crippen LogP contribution in [-0.2, 0) is 18.8 Å². The molecule has 2 aliphatic carbocycles. The summed E-state index contributed by atoms with van der Waals surface area (Å²) >= 11 is 6.17. The van der Waals surface area contributed by atoms with Crippen LogP contribution in [0.2, 0.25) is 5.28 Å². The summed E-state index contributed by atoms with van der Waals surface area (Å²) < 4.78 is 29.8. The predicted octanol–water partition coefficient (Wildman–Crippen LogP) is 1.40. The van der Waals surface area contributed by atoms with Gasteiger partial charge in [0.15, 0.2) is 17.7 Å². The first kappa shape index (κ1) is 26.2. The Labute approximate surface area is 212 Å². The Bertz CT molecular complexity index is 1110. The van der Waals surface area contributed by atoms with Crippen LogP contribution in [0.15, 0.2) is 6.20 Å². The predicted molar refractivity (Wildman–Crippen MR) is 127 cm³/mol. The maximum atomic E-state index is 11.8. The Kier molecular flexibility index (Phi) is 7.83. The molecule has 5 N–H and O–H groups in total. The largest absolute Gasteiger partial charge is 0.387 e. The number of anilines is 1. The summed E-state index contributed by atoms with van der Waals surface area (Å²) in [5.41, 5.74) is 0.315. The van der Waals surface area contributed by atoms with Crippen LogP contribution in [0.5, 0.6) is 0 Å². The van der Waals surface area contributed by atoms with Gasteiger partial charge in [0.05, 0.1) is 24.8 Å². The highest BCUT2D eigenvalue weighted by Gasteiger charge is 2.46. The number of halogens is 1. The molecule has 0 spiro atoms. The number of rotatable bonds is 11. The molecule has 5 rings (SSSR count). The van der Waals surface area contributed by atoms with Gasteiger partial charge in [-0.1, -0.05) is 12.8 Å². The lowest BCUT2D eigenvalue weighted by Gasteiger charge is -2.22. The van der Waals surface area contributed by atoms with Gasteiger partial charge >= 0.3 is 7.60 Å². The minimum Gasteiger partial charge on any atom is -0.387 e. The summed E-state index contributed by atoms with van der Waals surface area (Å²) in [6.07, 6.45) is 2.94. The van der Waals surface area contributed by atoms with Crippen molar-refractivity contribution in [1.82, 2.24) is 19.7 Å². The Hall–Kier alpha value is -1.41. The quantitative estimate of drug-likeness (QED) is 0.202. The second-order valence-corrected chi connectivity index (χ2v) is 11.8. The van der Waals surface area contributed by atoms with E-state index in [1.807, 2.05) is 0 Å². The highest BCUT2D eigenvalue weighted by molar-refractivity contribution is 7.52. The number of nitrogens with zero attached hydrogens (tertiary/aromatic N) is 4. The van der Waals surface area contributed by atoms with Crippen LogP contribution < -0.4 is 5.32 Å². The average molecular weight is 548 g/mol. The Balaban J connectivity index is 1.28. The number of aromatic nitrogens is 4. The third kappa shape index (κ3) is 5.85. The van der Waals surface area contributed by atoms with Gasteiger partial charge in [-0.2, -0.15) is 15.1 Å². The van der Waals surface area contributed by atoms with Crippen molar-refractivity contribution in [1.29, 1.82) is 0 Å². The van der Waals surface area contributed by atoms with E-state index in [2.05, 4.69) is 20.4 Å². The van der Waals surface area contributed by atoms with Crippen LogP contribution in [0.1, 0.15) is 44.8 Å². The number of fused-ring (bicyclic) bond motifs is 1. The highest BCUT2D eigenvalue weighted by atomic mass is 35.5. The molecule has 2 saturated carbocycles. The lowest BCUT2D eigenvalue weighted by Crippen LogP contribution is -2.35. The van der Waals surface area contributed by atoms with Gasteiger partial charge in [-0.05, 0) is 43.2 Å². The van der Waals surface area contributed by atoms with Crippen LogP contribution in [0.25, 0.3) is 11.0 Å². The van der Waals surface area contributed by atoms with E-state index in [1.54, 1.807) is 0 Å². The molecule has 2 aromatic rings. The van der Waals surface area contributed by atoms with Crippen molar-refractivity contribution in [3.05, 3.63) is 11.5 Å². The fraction of sp³-hybridized carbons (Fsp3) is 0.762. The van der Waals surface area contributed by atoms with Crippen molar-refractivity contribution in [2.75, 3.05) is 25.1 Å². The lowest BCUT2D eigenvalue weighted by molar-refractivity contribution is -0.0850. The summed E-state index contributed by atoms with van der Waals surface area (Å²) in [5, 5.41) is 29.5. The van der Waals surface area contributed by atoms with Gasteiger partial charge in [-0.3, -0.25) is 4.57 Å². The van der Waals surface area contributed by atoms with Crippen molar-refractivity contribution in [2.24, 2.45) is 5.92 Å². The van der Waals surface area contributed by atoms with Crippen molar-refractivity contribution >= 4 is 36.0 Å². The fourth-order valence-electron chi connectivity index (χ4n) is 4.60. The molecule has 15 heteroatoms. The molecule has 0 aromatic carbocycles. The number of aliphatic hydroxyl groups is 2. The molecule has 200 valence electrons. The van der Waals surface area contributed by atoms with Crippen molar-refractivity contribution in [3.8, 4) is 0 Å². The molecule has 3 aliphatic rings. The van der Waals surface area contributed by atoms with Crippen molar-refractivity contribution in [2.45, 2.75) is 75.0 Å². The zero-order valence-electron chi connectivity index (χ0n) is 19.5. The van der Waals surface area contributed by atoms with E-state index in [0.717, 1.165) is 38.5 Å². The molecular formula is C21H31ClN5O8P. The van der Waals surface area contributed by atoms with E-state index in [-0.39, 0.29) is 24.5 Å². The molecule has 0 bridgehead atoms. The first-order valence-electron chi connectivity index (χ1n) is 12.1. The fourth-order valence-corrected chi connectivity index (χ4v) is 5.34. The minimum absolute atomic E-state index is 0.00616. The third-order valence-electron chi connectivity index (χ3n) is 6.84. The number of nitrogens with one attached hydrogen (secondary N) is 1. The van der Waals surface area contributed by atoms with Gasteiger partial charge in [-0.15, -0.1) is 0 Å². The molecule has 0 radical (unpaired) electrons. The van der Waals surface area contributed by atoms with Crippen LogP contribution in [0, 0.1) is 5.92 Å². The number of hydrogen-bond donors (Lipinski definition) is 5. The zero-order valence-corrected chi connectivity index (χ0v) is 21.2. The van der Waals surface area contributed by atoms with Gasteiger partial charge in [0.2, 0.25) is 5.28 Å². The monoisotopic (exact) mass is 547 g/mol. The first-order valence-corrected chi connectivity index (χ1v) is 14.2. The number of hydrogen-bond acceptors (Lipinski definition) is 10. The second kappa shape index (κ2) is 10.8. The molecule has 1 unspecified atom stereocenters. The summed E-state index contributed by atoms with van der Waals surface area (Å²) in [6.45, 7) is -0.246. The van der Waals surface area contributed by atoms with E-state index in [1.165, 1.54) is 10.9 Å². The van der Waals surface area contributed by atoms with Gasteiger partial charge in [0.1, 0.15) is 24.1 Å². The van der Waals surface area contributed by atoms with Gasteiger partial charge in [0.25, 0.3) is 0 Å². The summed E-state index contributed by atoms with van der Waals surface area (Å²) in [4.78, 5) is 27.8. The Morgan fingerprint density at radius 3 is 2.61 bits per heavy atom. The molecular weight excluding hydrogens is 517 g/mol. The zero-order chi connectivity index (χ0) is 25.4. The molecule has 1 saturated heterocycles. The molecule has 0 amide bonds. The molecule has 3 heterocycles. The number of aliphatic hydroxyl groups excluding tert-OH is 2. The molecule has 36 heavy (non-hydrogen) atoms. The van der Waals surface area contributed by atoms with E-state index >= 15 is 0 Å². The number of ether oxygens (including phenoxy) is 3. The third-order valence-corrected chi connectivity index (χ3v) is 8.06. The maximum absolute atomic E-state index is 11.8. The van der Waals surface area contributed by atoms with Crippen LogP contribution in [0.3, 0.4) is 0 Å². The highest BCUT2D eigenvalue weighted by Crippen LogP contribution is 2.43. The Morgan fingerprint density at radius 1 is 1.17 bits per heavy atom. The second-order valence-electron chi connectivity index (χ2n) is 9.70.